The molecule has 94 valence electrons. The lowest BCUT2D eigenvalue weighted by Gasteiger charge is -2.19. The Balaban J connectivity index is 2.76. The molecule has 0 radical (unpaired) electrons. The molecule has 0 saturated carbocycles. The molecule has 0 unspecified atom stereocenters. The monoisotopic (exact) mass is 240 g/mol. The van der Waals surface area contributed by atoms with Crippen molar-refractivity contribution in [3.05, 3.63) is 29.6 Å². The molecule has 0 bridgehead atoms. The molecule has 1 aromatic rings. The van der Waals surface area contributed by atoms with E-state index in [1.54, 1.807) is 13.8 Å². The topological polar surface area (TPSA) is 64.3 Å². The number of benzene rings is 1. The third-order valence-corrected chi connectivity index (χ3v) is 2.12. The first-order valence-corrected chi connectivity index (χ1v) is 5.24. The number of rotatable bonds is 4. The highest BCUT2D eigenvalue weighted by Crippen LogP contribution is 2.18. The second-order valence-electron chi connectivity index (χ2n) is 4.52. The zero-order chi connectivity index (χ0) is 13.1. The molecule has 17 heavy (non-hydrogen) atoms. The van der Waals surface area contributed by atoms with E-state index < -0.39 is 11.4 Å². The van der Waals surface area contributed by atoms with Crippen molar-refractivity contribution in [3.8, 4) is 5.75 Å². The van der Waals surface area contributed by atoms with Gasteiger partial charge in [0.25, 0.3) is 5.91 Å². The zero-order valence-electron chi connectivity index (χ0n) is 10.2. The van der Waals surface area contributed by atoms with Crippen LogP contribution in [-0.2, 0) is 0 Å². The van der Waals surface area contributed by atoms with Crippen molar-refractivity contribution in [1.29, 1.82) is 0 Å². The fourth-order valence-electron chi connectivity index (χ4n) is 1.21. The van der Waals surface area contributed by atoms with Crippen LogP contribution in [0.3, 0.4) is 0 Å². The number of hydrogen-bond donors (Lipinski definition) is 2. The molecule has 3 N–H and O–H groups in total. The molecule has 0 heterocycles. The van der Waals surface area contributed by atoms with E-state index in [0.717, 1.165) is 0 Å². The van der Waals surface area contributed by atoms with Crippen molar-refractivity contribution in [2.45, 2.75) is 19.4 Å². The minimum absolute atomic E-state index is 0.0460. The van der Waals surface area contributed by atoms with E-state index in [2.05, 4.69) is 5.32 Å². The number of ether oxygens (including phenoxy) is 1. The maximum absolute atomic E-state index is 13.1. The summed E-state index contributed by atoms with van der Waals surface area (Å²) >= 11 is 0. The maximum Gasteiger partial charge on any atom is 0.251 e. The molecule has 0 aliphatic heterocycles. The summed E-state index contributed by atoms with van der Waals surface area (Å²) in [6.45, 7) is 3.95. The van der Waals surface area contributed by atoms with Crippen LogP contribution in [0.4, 0.5) is 4.39 Å². The van der Waals surface area contributed by atoms with Gasteiger partial charge in [-0.05, 0) is 32.0 Å². The molecular formula is C12H17FN2O2. The fraction of sp³-hybridized carbons (Fsp3) is 0.417. The Labute approximate surface area is 100.0 Å². The lowest BCUT2D eigenvalue weighted by Crippen LogP contribution is -2.45. The van der Waals surface area contributed by atoms with Crippen LogP contribution in [-0.4, -0.2) is 25.1 Å². The van der Waals surface area contributed by atoms with Gasteiger partial charge in [0, 0.05) is 17.6 Å². The number of nitrogens with one attached hydrogen (secondary N) is 1. The number of carbonyl (C=O) groups excluding carboxylic acids is 1. The summed E-state index contributed by atoms with van der Waals surface area (Å²) in [6, 6.07) is 3.95. The Kier molecular flexibility index (Phi) is 4.07. The lowest BCUT2D eigenvalue weighted by molar-refractivity contribution is 0.0945. The van der Waals surface area contributed by atoms with Crippen LogP contribution in [0.5, 0.6) is 5.75 Å². The van der Waals surface area contributed by atoms with Crippen molar-refractivity contribution in [2.24, 2.45) is 5.73 Å². The quantitative estimate of drug-likeness (QED) is 0.833. The number of hydrogen-bond acceptors (Lipinski definition) is 3. The van der Waals surface area contributed by atoms with Gasteiger partial charge in [-0.1, -0.05) is 0 Å². The van der Waals surface area contributed by atoms with E-state index in [-0.39, 0.29) is 11.7 Å². The predicted molar refractivity (Wildman–Crippen MR) is 63.6 cm³/mol. The Morgan fingerprint density at radius 3 is 2.71 bits per heavy atom. The number of carbonyl (C=O) groups is 1. The summed E-state index contributed by atoms with van der Waals surface area (Å²) in [7, 11) is 1.35. The molecule has 4 nitrogen and oxygen atoms in total. The molecule has 0 atom stereocenters. The summed E-state index contributed by atoms with van der Waals surface area (Å²) < 4.78 is 17.9. The molecule has 0 spiro atoms. The molecule has 0 aliphatic carbocycles. The number of halogens is 1. The molecule has 0 fully saturated rings. The van der Waals surface area contributed by atoms with Gasteiger partial charge < -0.3 is 15.8 Å². The average molecular weight is 240 g/mol. The van der Waals surface area contributed by atoms with Gasteiger partial charge in [0.05, 0.1) is 7.11 Å². The Morgan fingerprint density at radius 1 is 1.53 bits per heavy atom. The number of nitrogens with two attached hydrogens (primary N) is 1. The highest BCUT2D eigenvalue weighted by Gasteiger charge is 2.14. The third-order valence-electron chi connectivity index (χ3n) is 2.12. The molecule has 5 heteroatoms. The van der Waals surface area contributed by atoms with E-state index in [4.69, 9.17) is 10.5 Å². The Morgan fingerprint density at radius 2 is 2.18 bits per heavy atom. The molecule has 0 aromatic heterocycles. The summed E-state index contributed by atoms with van der Waals surface area (Å²) in [5, 5.41) is 2.67. The van der Waals surface area contributed by atoms with Crippen molar-refractivity contribution >= 4 is 5.91 Å². The van der Waals surface area contributed by atoms with Gasteiger partial charge in [0.15, 0.2) is 11.6 Å². The van der Waals surface area contributed by atoms with E-state index in [1.165, 1.54) is 25.3 Å². The van der Waals surface area contributed by atoms with Crippen LogP contribution in [0.15, 0.2) is 18.2 Å². The lowest BCUT2D eigenvalue weighted by atomic mass is 10.1. The van der Waals surface area contributed by atoms with Crippen LogP contribution in [0, 0.1) is 5.82 Å². The average Bonchev–Trinajstić information content (AvgIpc) is 2.25. The van der Waals surface area contributed by atoms with Gasteiger partial charge in [-0.25, -0.2) is 4.39 Å². The highest BCUT2D eigenvalue weighted by molar-refractivity contribution is 5.94. The highest BCUT2D eigenvalue weighted by atomic mass is 19.1. The molecule has 1 aromatic carbocycles. The first-order valence-electron chi connectivity index (χ1n) is 5.24. The maximum atomic E-state index is 13.1. The van der Waals surface area contributed by atoms with Crippen LogP contribution >= 0.6 is 0 Å². The summed E-state index contributed by atoms with van der Waals surface area (Å²) in [6.07, 6.45) is 0. The fourth-order valence-corrected chi connectivity index (χ4v) is 1.21. The minimum atomic E-state index is -0.497. The summed E-state index contributed by atoms with van der Waals surface area (Å²) in [5.41, 5.74) is 5.60. The molecule has 0 saturated heterocycles. The van der Waals surface area contributed by atoms with Gasteiger partial charge in [-0.2, -0.15) is 0 Å². The van der Waals surface area contributed by atoms with E-state index in [9.17, 15) is 9.18 Å². The van der Waals surface area contributed by atoms with Crippen molar-refractivity contribution in [2.75, 3.05) is 13.7 Å². The molecule has 1 rings (SSSR count). The van der Waals surface area contributed by atoms with E-state index >= 15 is 0 Å². The van der Waals surface area contributed by atoms with Crippen molar-refractivity contribution < 1.29 is 13.9 Å². The van der Waals surface area contributed by atoms with E-state index in [1.807, 2.05) is 0 Å². The van der Waals surface area contributed by atoms with Gasteiger partial charge in [0.1, 0.15) is 0 Å². The van der Waals surface area contributed by atoms with Crippen LogP contribution in [0.1, 0.15) is 24.2 Å². The van der Waals surface area contributed by atoms with Gasteiger partial charge in [-0.15, -0.1) is 0 Å². The van der Waals surface area contributed by atoms with E-state index in [0.29, 0.717) is 12.1 Å². The normalized spacial score (nSPS) is 11.1. The number of methoxy groups -OCH3 is 1. The molecular weight excluding hydrogens is 223 g/mol. The largest absolute Gasteiger partial charge is 0.494 e. The van der Waals surface area contributed by atoms with Gasteiger partial charge in [-0.3, -0.25) is 4.79 Å². The smallest absolute Gasteiger partial charge is 0.251 e. The Hall–Kier alpha value is -1.62. The van der Waals surface area contributed by atoms with Gasteiger partial charge in [0.2, 0.25) is 0 Å². The molecule has 1 amide bonds. The first-order chi connectivity index (χ1) is 7.83. The first kappa shape index (κ1) is 13.4. The van der Waals surface area contributed by atoms with Gasteiger partial charge >= 0.3 is 0 Å². The van der Waals surface area contributed by atoms with Crippen molar-refractivity contribution in [1.82, 2.24) is 5.32 Å². The Bertz CT molecular complexity index is 413. The van der Waals surface area contributed by atoms with Crippen molar-refractivity contribution in [3.63, 3.8) is 0 Å². The zero-order valence-corrected chi connectivity index (χ0v) is 10.2. The summed E-state index contributed by atoms with van der Waals surface area (Å²) in [4.78, 5) is 11.7. The predicted octanol–water partition coefficient (Wildman–Crippen LogP) is 1.30. The minimum Gasteiger partial charge on any atom is -0.494 e. The molecule has 0 aliphatic rings. The standard InChI is InChI=1S/C12H17FN2O2/c1-12(2,14)7-15-11(16)8-4-5-9(13)10(6-8)17-3/h4-6H,7,14H2,1-3H3,(H,15,16). The SMILES string of the molecule is COc1cc(C(=O)NCC(C)(C)N)ccc1F. The second-order valence-corrected chi connectivity index (χ2v) is 4.52. The second kappa shape index (κ2) is 5.14. The van der Waals surface area contributed by atoms with Crippen LogP contribution in [0.25, 0.3) is 0 Å². The summed E-state index contributed by atoms with van der Waals surface area (Å²) in [5.74, 6) is -0.755. The van der Waals surface area contributed by atoms with Crippen LogP contribution in [0.2, 0.25) is 0 Å². The van der Waals surface area contributed by atoms with Crippen LogP contribution < -0.4 is 15.8 Å². The number of amides is 1. The third kappa shape index (κ3) is 4.03.